The van der Waals surface area contributed by atoms with Crippen molar-refractivity contribution in [2.75, 3.05) is 5.32 Å². The van der Waals surface area contributed by atoms with Crippen LogP contribution in [0.2, 0.25) is 0 Å². The van der Waals surface area contributed by atoms with Gasteiger partial charge >= 0.3 is 6.18 Å². The number of nitrogens with zero attached hydrogens (tertiary/aromatic N) is 3. The molecule has 1 atom stereocenters. The predicted octanol–water partition coefficient (Wildman–Crippen LogP) is 5.64. The lowest BCUT2D eigenvalue weighted by molar-refractivity contribution is -0.189. The van der Waals surface area contributed by atoms with E-state index in [4.69, 9.17) is 4.74 Å². The Hall–Kier alpha value is -3.53. The molecule has 1 N–H and O–H groups in total. The molecule has 2 aromatic carbocycles. The van der Waals surface area contributed by atoms with E-state index in [2.05, 4.69) is 20.5 Å². The van der Waals surface area contributed by atoms with Crippen molar-refractivity contribution in [2.24, 2.45) is 0 Å². The van der Waals surface area contributed by atoms with Crippen LogP contribution in [0.4, 0.5) is 18.3 Å². The highest BCUT2D eigenvalue weighted by Crippen LogP contribution is 2.32. The maximum absolute atomic E-state index is 12.9. The highest BCUT2D eigenvalue weighted by molar-refractivity contribution is 7.13. The summed E-state index contributed by atoms with van der Waals surface area (Å²) < 4.78 is 43.6. The van der Waals surface area contributed by atoms with Crippen LogP contribution in [0.3, 0.4) is 0 Å². The summed E-state index contributed by atoms with van der Waals surface area (Å²) in [6.45, 7) is 2.83. The number of nitrogens with one attached hydrogen (secondary N) is 1. The molecule has 0 radical (unpaired) electrons. The van der Waals surface area contributed by atoms with Crippen LogP contribution in [0.25, 0.3) is 21.9 Å². The van der Waals surface area contributed by atoms with E-state index in [9.17, 15) is 18.0 Å². The van der Waals surface area contributed by atoms with Gasteiger partial charge in [-0.15, -0.1) is 16.4 Å². The van der Waals surface area contributed by atoms with Crippen molar-refractivity contribution in [3.8, 4) is 17.0 Å². The quantitative estimate of drug-likeness (QED) is 0.419. The molecule has 0 saturated heterocycles. The van der Waals surface area contributed by atoms with Crippen molar-refractivity contribution in [1.29, 1.82) is 0 Å². The van der Waals surface area contributed by atoms with E-state index in [1.807, 2.05) is 13.0 Å². The summed E-state index contributed by atoms with van der Waals surface area (Å²) in [5.41, 5.74) is 2.97. The van der Waals surface area contributed by atoms with Crippen LogP contribution < -0.4 is 10.1 Å². The van der Waals surface area contributed by atoms with Gasteiger partial charge in [0, 0.05) is 27.9 Å². The molecule has 0 saturated carbocycles. The maximum atomic E-state index is 12.9. The molecule has 0 spiro atoms. The van der Waals surface area contributed by atoms with Crippen LogP contribution in [0, 0.1) is 6.92 Å². The maximum Gasteiger partial charge on any atom is 0.425 e. The number of alkyl halides is 3. The third kappa shape index (κ3) is 4.54. The molecule has 164 valence electrons. The fourth-order valence-corrected chi connectivity index (χ4v) is 3.60. The zero-order valence-electron chi connectivity index (χ0n) is 17.0. The summed E-state index contributed by atoms with van der Waals surface area (Å²) in [4.78, 5) is 16.6. The minimum absolute atomic E-state index is 0.188. The van der Waals surface area contributed by atoms with Crippen molar-refractivity contribution in [2.45, 2.75) is 26.1 Å². The van der Waals surface area contributed by atoms with Gasteiger partial charge in [0.25, 0.3) is 5.91 Å². The molecule has 0 fully saturated rings. The number of carbonyl (C=O) groups is 1. The number of hydrogen-bond acceptors (Lipinski definition) is 6. The second-order valence-electron chi connectivity index (χ2n) is 7.07. The standard InChI is InChI=1S/C22H17F3N4O2S/c1-12-3-4-15(19(30)28-21-26-7-8-32-21)10-18(12)14-5-6-17-16(9-14)11-27-29-20(17)31-13(2)22(23,24)25/h3-11,13H,1-2H3,(H,26,28,30)/t13-/m1/s1. The Kier molecular flexibility index (Phi) is 5.79. The molecule has 0 unspecified atom stereocenters. The fraction of sp³-hybridized carbons (Fsp3) is 0.182. The minimum Gasteiger partial charge on any atom is -0.463 e. The van der Waals surface area contributed by atoms with Gasteiger partial charge in [-0.3, -0.25) is 10.1 Å². The Bertz CT molecular complexity index is 1280. The van der Waals surface area contributed by atoms with Crippen LogP contribution in [-0.2, 0) is 0 Å². The lowest BCUT2D eigenvalue weighted by atomic mass is 9.96. The molecular formula is C22H17F3N4O2S. The number of carbonyl (C=O) groups excluding carboxylic acids is 1. The SMILES string of the molecule is Cc1ccc(C(=O)Nc2nccs2)cc1-c1ccc2c(O[C@H](C)C(F)(F)F)nncc2c1. The highest BCUT2D eigenvalue weighted by Gasteiger charge is 2.38. The van der Waals surface area contributed by atoms with E-state index in [-0.39, 0.29) is 11.8 Å². The van der Waals surface area contributed by atoms with Crippen molar-refractivity contribution in [1.82, 2.24) is 15.2 Å². The van der Waals surface area contributed by atoms with E-state index in [0.29, 0.717) is 21.5 Å². The first-order valence-electron chi connectivity index (χ1n) is 9.53. The van der Waals surface area contributed by atoms with Crippen LogP contribution in [0.15, 0.2) is 54.2 Å². The van der Waals surface area contributed by atoms with Gasteiger partial charge in [0.2, 0.25) is 5.88 Å². The number of aromatic nitrogens is 3. The van der Waals surface area contributed by atoms with Gasteiger partial charge in [-0.05, 0) is 54.8 Å². The lowest BCUT2D eigenvalue weighted by Crippen LogP contribution is -2.31. The molecule has 10 heteroatoms. The first kappa shape index (κ1) is 21.7. The van der Waals surface area contributed by atoms with E-state index in [0.717, 1.165) is 23.6 Å². The number of benzene rings is 2. The molecule has 0 aliphatic carbocycles. The molecule has 1 amide bonds. The monoisotopic (exact) mass is 458 g/mol. The summed E-state index contributed by atoms with van der Waals surface area (Å²) in [6.07, 6.45) is -3.47. The average Bonchev–Trinajstić information content (AvgIpc) is 3.26. The average molecular weight is 458 g/mol. The number of rotatable bonds is 5. The van der Waals surface area contributed by atoms with E-state index in [1.54, 1.807) is 41.9 Å². The van der Waals surface area contributed by atoms with E-state index >= 15 is 0 Å². The van der Waals surface area contributed by atoms with Crippen molar-refractivity contribution in [3.63, 3.8) is 0 Å². The topological polar surface area (TPSA) is 77.0 Å². The predicted molar refractivity (Wildman–Crippen MR) is 116 cm³/mol. The summed E-state index contributed by atoms with van der Waals surface area (Å²) in [5.74, 6) is -0.475. The second kappa shape index (κ2) is 8.54. The zero-order chi connectivity index (χ0) is 22.9. The Morgan fingerprint density at radius 3 is 2.72 bits per heavy atom. The smallest absolute Gasteiger partial charge is 0.425 e. The van der Waals surface area contributed by atoms with Crippen molar-refractivity contribution < 1.29 is 22.7 Å². The summed E-state index contributed by atoms with van der Waals surface area (Å²) in [7, 11) is 0. The zero-order valence-corrected chi connectivity index (χ0v) is 17.8. The number of fused-ring (bicyclic) bond motifs is 1. The fourth-order valence-electron chi connectivity index (χ4n) is 3.08. The summed E-state index contributed by atoms with van der Waals surface area (Å²) in [5, 5.41) is 13.5. The molecule has 6 nitrogen and oxygen atoms in total. The Morgan fingerprint density at radius 2 is 2.00 bits per heavy atom. The molecule has 2 aromatic heterocycles. The summed E-state index contributed by atoms with van der Waals surface area (Å²) >= 11 is 1.32. The Morgan fingerprint density at radius 1 is 1.19 bits per heavy atom. The first-order chi connectivity index (χ1) is 15.2. The van der Waals surface area contributed by atoms with E-state index in [1.165, 1.54) is 17.5 Å². The number of hydrogen-bond donors (Lipinski definition) is 1. The number of halogens is 3. The van der Waals surface area contributed by atoms with Gasteiger partial charge < -0.3 is 4.74 Å². The number of ether oxygens (including phenoxy) is 1. The van der Waals surface area contributed by atoms with E-state index < -0.39 is 12.3 Å². The second-order valence-corrected chi connectivity index (χ2v) is 7.97. The van der Waals surface area contributed by atoms with Crippen molar-refractivity contribution >= 4 is 33.1 Å². The van der Waals surface area contributed by atoms with Crippen LogP contribution in [0.1, 0.15) is 22.8 Å². The molecule has 32 heavy (non-hydrogen) atoms. The molecular weight excluding hydrogens is 441 g/mol. The third-order valence-corrected chi connectivity index (χ3v) is 5.53. The lowest BCUT2D eigenvalue weighted by Gasteiger charge is -2.17. The summed E-state index contributed by atoms with van der Waals surface area (Å²) in [6, 6.07) is 10.5. The number of thiazole rings is 1. The third-order valence-electron chi connectivity index (χ3n) is 4.84. The molecule has 0 bridgehead atoms. The molecule has 4 rings (SSSR count). The Balaban J connectivity index is 1.67. The number of aryl methyl sites for hydroxylation is 1. The molecule has 4 aromatic rings. The number of anilines is 1. The van der Waals surface area contributed by atoms with Crippen LogP contribution >= 0.6 is 11.3 Å². The molecule has 2 heterocycles. The highest BCUT2D eigenvalue weighted by atomic mass is 32.1. The van der Waals surface area contributed by atoms with Gasteiger partial charge in [-0.1, -0.05) is 12.1 Å². The normalized spacial score (nSPS) is 12.5. The van der Waals surface area contributed by atoms with Gasteiger partial charge in [0.1, 0.15) is 0 Å². The van der Waals surface area contributed by atoms with Crippen LogP contribution in [0.5, 0.6) is 5.88 Å². The van der Waals surface area contributed by atoms with Gasteiger partial charge in [0.05, 0.1) is 6.20 Å². The first-order valence-corrected chi connectivity index (χ1v) is 10.4. The Labute approximate surface area is 185 Å². The minimum atomic E-state index is -4.51. The van der Waals surface area contributed by atoms with Crippen molar-refractivity contribution in [3.05, 3.63) is 65.3 Å². The van der Waals surface area contributed by atoms with Gasteiger partial charge in [-0.25, -0.2) is 4.98 Å². The largest absolute Gasteiger partial charge is 0.463 e. The van der Waals surface area contributed by atoms with Gasteiger partial charge in [-0.2, -0.15) is 18.3 Å². The molecule has 0 aliphatic rings. The van der Waals surface area contributed by atoms with Gasteiger partial charge in [0.15, 0.2) is 11.2 Å². The number of amides is 1. The molecule has 0 aliphatic heterocycles. The van der Waals surface area contributed by atoms with Crippen LogP contribution in [-0.4, -0.2) is 33.4 Å².